The van der Waals surface area contributed by atoms with E-state index in [9.17, 15) is 0 Å². The lowest BCUT2D eigenvalue weighted by Gasteiger charge is -1.86. The molecule has 1 heterocycles. The Morgan fingerprint density at radius 3 is 3.09 bits per heavy atom. The molecular weight excluding hydrogens is 271 g/mol. The number of hydrogen-bond donors (Lipinski definition) is 1. The number of nitrogens with two attached hydrogens (primary N) is 1. The van der Waals surface area contributed by atoms with E-state index in [1.165, 1.54) is 14.9 Å². The first-order valence-electron chi connectivity index (χ1n) is 3.07. The van der Waals surface area contributed by atoms with Crippen molar-refractivity contribution in [3.05, 3.63) is 21.8 Å². The quantitative estimate of drug-likeness (QED) is 0.751. The number of nitrogens with zero attached hydrogens (tertiary/aromatic N) is 1. The van der Waals surface area contributed by atoms with Crippen LogP contribution in [0, 0.1) is 3.57 Å². The molecule has 1 aromatic carbocycles. The van der Waals surface area contributed by atoms with Gasteiger partial charge in [-0.3, -0.25) is 0 Å². The van der Waals surface area contributed by atoms with Crippen molar-refractivity contribution in [3.63, 3.8) is 0 Å². The third-order valence-electron chi connectivity index (χ3n) is 1.37. The smallest absolute Gasteiger partial charge is 0.181 e. The third-order valence-corrected chi connectivity index (χ3v) is 2.89. The van der Waals surface area contributed by atoms with E-state index in [2.05, 4.69) is 33.6 Å². The van der Waals surface area contributed by atoms with Gasteiger partial charge in [-0.15, -0.1) is 0 Å². The number of fused-ring (bicyclic) bond motifs is 1. The molecule has 4 heteroatoms. The van der Waals surface area contributed by atoms with Crippen LogP contribution in [0.25, 0.3) is 10.2 Å². The third kappa shape index (κ3) is 1.32. The summed E-state index contributed by atoms with van der Waals surface area (Å²) in [5.41, 5.74) is 6.54. The molecule has 0 aliphatic carbocycles. The summed E-state index contributed by atoms with van der Waals surface area (Å²) in [6.45, 7) is 0. The number of halogens is 1. The van der Waals surface area contributed by atoms with Gasteiger partial charge in [-0.05, 0) is 40.8 Å². The molecule has 1 aromatic heterocycles. The highest BCUT2D eigenvalue weighted by atomic mass is 127. The standard InChI is InChI=1S/C7H5IN2S/c8-4-1-2-5-6(3-4)11-7(9)10-5/h1-3H,(H2,9,10). The number of aromatic nitrogens is 1. The van der Waals surface area contributed by atoms with Crippen LogP contribution >= 0.6 is 33.9 Å². The Balaban J connectivity index is 2.82. The van der Waals surface area contributed by atoms with Crippen molar-refractivity contribution < 1.29 is 0 Å². The maximum atomic E-state index is 5.55. The molecule has 2 aromatic rings. The minimum absolute atomic E-state index is 0.641. The molecule has 0 spiro atoms. The van der Waals surface area contributed by atoms with Crippen molar-refractivity contribution in [2.24, 2.45) is 0 Å². The summed E-state index contributed by atoms with van der Waals surface area (Å²) in [6.07, 6.45) is 0. The van der Waals surface area contributed by atoms with Crippen molar-refractivity contribution in [2.75, 3.05) is 5.73 Å². The zero-order valence-corrected chi connectivity index (χ0v) is 8.52. The summed E-state index contributed by atoms with van der Waals surface area (Å²) >= 11 is 3.80. The molecule has 0 saturated heterocycles. The minimum atomic E-state index is 0.641. The first-order valence-corrected chi connectivity index (χ1v) is 4.97. The van der Waals surface area contributed by atoms with E-state index < -0.39 is 0 Å². The number of rotatable bonds is 0. The van der Waals surface area contributed by atoms with Crippen molar-refractivity contribution in [2.45, 2.75) is 0 Å². The number of benzene rings is 1. The van der Waals surface area contributed by atoms with Crippen molar-refractivity contribution in [3.8, 4) is 0 Å². The number of anilines is 1. The fourth-order valence-electron chi connectivity index (χ4n) is 0.916. The molecule has 0 aliphatic rings. The summed E-state index contributed by atoms with van der Waals surface area (Å²) in [7, 11) is 0. The van der Waals surface area contributed by atoms with Crippen molar-refractivity contribution in [1.82, 2.24) is 4.98 Å². The van der Waals surface area contributed by atoms with E-state index in [0.717, 1.165) is 10.2 Å². The fraction of sp³-hybridized carbons (Fsp3) is 0. The fourth-order valence-corrected chi connectivity index (χ4v) is 2.39. The van der Waals surface area contributed by atoms with Crippen LogP contribution in [0.4, 0.5) is 5.13 Å². The Labute approximate surface area is 81.6 Å². The van der Waals surface area contributed by atoms with Gasteiger partial charge in [-0.2, -0.15) is 0 Å². The maximum Gasteiger partial charge on any atom is 0.181 e. The van der Waals surface area contributed by atoms with Gasteiger partial charge in [0.05, 0.1) is 10.2 Å². The first kappa shape index (κ1) is 7.30. The number of hydrogen-bond acceptors (Lipinski definition) is 3. The van der Waals surface area contributed by atoms with E-state index in [-0.39, 0.29) is 0 Å². The average Bonchev–Trinajstić information content (AvgIpc) is 2.27. The van der Waals surface area contributed by atoms with Gasteiger partial charge < -0.3 is 5.73 Å². The second kappa shape index (κ2) is 2.60. The summed E-state index contributed by atoms with van der Waals surface area (Å²) < 4.78 is 2.38. The Morgan fingerprint density at radius 2 is 2.27 bits per heavy atom. The van der Waals surface area contributed by atoms with Gasteiger partial charge >= 0.3 is 0 Å². The van der Waals surface area contributed by atoms with Crippen LogP contribution in [0.2, 0.25) is 0 Å². The second-order valence-corrected chi connectivity index (χ2v) is 4.47. The molecule has 0 atom stereocenters. The van der Waals surface area contributed by atoms with Crippen LogP contribution in [-0.4, -0.2) is 4.98 Å². The van der Waals surface area contributed by atoms with E-state index in [1.807, 2.05) is 12.1 Å². The molecule has 2 nitrogen and oxygen atoms in total. The van der Waals surface area contributed by atoms with Gasteiger partial charge in [0.1, 0.15) is 0 Å². The molecule has 0 unspecified atom stereocenters. The molecule has 0 fully saturated rings. The Bertz CT molecular complexity index is 396. The summed E-state index contributed by atoms with van der Waals surface area (Å²) in [5.74, 6) is 0. The molecule has 0 aliphatic heterocycles. The molecule has 11 heavy (non-hydrogen) atoms. The van der Waals surface area contributed by atoms with Crippen LogP contribution in [0.3, 0.4) is 0 Å². The molecule has 2 rings (SSSR count). The highest BCUT2D eigenvalue weighted by Crippen LogP contribution is 2.24. The number of nitrogen functional groups attached to an aromatic ring is 1. The van der Waals surface area contributed by atoms with Gasteiger partial charge in [0.2, 0.25) is 0 Å². The van der Waals surface area contributed by atoms with E-state index in [1.54, 1.807) is 0 Å². The zero-order valence-electron chi connectivity index (χ0n) is 5.54. The lowest BCUT2D eigenvalue weighted by atomic mass is 10.3. The first-order chi connectivity index (χ1) is 5.25. The highest BCUT2D eigenvalue weighted by molar-refractivity contribution is 14.1. The summed E-state index contributed by atoms with van der Waals surface area (Å²) in [5, 5.41) is 0.641. The lowest BCUT2D eigenvalue weighted by molar-refractivity contribution is 1.49. The Hall–Kier alpha value is -0.360. The highest BCUT2D eigenvalue weighted by Gasteiger charge is 1.99. The molecule has 0 saturated carbocycles. The average molecular weight is 276 g/mol. The summed E-state index contributed by atoms with van der Waals surface area (Å²) in [4.78, 5) is 4.15. The zero-order chi connectivity index (χ0) is 7.84. The summed E-state index contributed by atoms with van der Waals surface area (Å²) in [6, 6.07) is 6.11. The minimum Gasteiger partial charge on any atom is -0.375 e. The van der Waals surface area contributed by atoms with Gasteiger partial charge in [-0.1, -0.05) is 11.3 Å². The van der Waals surface area contributed by atoms with Gasteiger partial charge in [0.15, 0.2) is 5.13 Å². The van der Waals surface area contributed by atoms with E-state index in [4.69, 9.17) is 5.73 Å². The van der Waals surface area contributed by atoms with Crippen LogP contribution in [0.1, 0.15) is 0 Å². The maximum absolute atomic E-state index is 5.55. The van der Waals surface area contributed by atoms with Gasteiger partial charge in [-0.25, -0.2) is 4.98 Å². The largest absolute Gasteiger partial charge is 0.375 e. The molecule has 0 bridgehead atoms. The molecule has 0 amide bonds. The SMILES string of the molecule is Nc1nc2ccc(I)cc2s1. The molecular formula is C7H5IN2S. The van der Waals surface area contributed by atoms with Crippen LogP contribution in [-0.2, 0) is 0 Å². The monoisotopic (exact) mass is 276 g/mol. The van der Waals surface area contributed by atoms with Crippen LogP contribution in [0.15, 0.2) is 18.2 Å². The normalized spacial score (nSPS) is 10.6. The van der Waals surface area contributed by atoms with E-state index in [0.29, 0.717) is 5.13 Å². The lowest BCUT2D eigenvalue weighted by Crippen LogP contribution is -1.78. The van der Waals surface area contributed by atoms with Crippen LogP contribution in [0.5, 0.6) is 0 Å². The van der Waals surface area contributed by atoms with E-state index >= 15 is 0 Å². The predicted octanol–water partition coefficient (Wildman–Crippen LogP) is 2.48. The van der Waals surface area contributed by atoms with Crippen molar-refractivity contribution >= 4 is 49.3 Å². The number of thiazole rings is 1. The van der Waals surface area contributed by atoms with Crippen molar-refractivity contribution in [1.29, 1.82) is 0 Å². The Kier molecular flexibility index (Phi) is 1.72. The second-order valence-electron chi connectivity index (χ2n) is 2.16. The van der Waals surface area contributed by atoms with Gasteiger partial charge in [0, 0.05) is 3.57 Å². The molecule has 0 radical (unpaired) electrons. The predicted molar refractivity (Wildman–Crippen MR) is 56.7 cm³/mol. The van der Waals surface area contributed by atoms with Crippen LogP contribution < -0.4 is 5.73 Å². The topological polar surface area (TPSA) is 38.9 Å². The molecule has 2 N–H and O–H groups in total. The Morgan fingerprint density at radius 1 is 1.45 bits per heavy atom. The van der Waals surface area contributed by atoms with Gasteiger partial charge in [0.25, 0.3) is 0 Å². The molecule has 56 valence electrons.